The van der Waals surface area contributed by atoms with Crippen LogP contribution in [-0.2, 0) is 4.79 Å². The van der Waals surface area contributed by atoms with Gasteiger partial charge in [-0.15, -0.1) is 12.4 Å². The highest BCUT2D eigenvalue weighted by Gasteiger charge is 2.21. The molecule has 1 aliphatic rings. The van der Waals surface area contributed by atoms with Gasteiger partial charge >= 0.3 is 0 Å². The molecule has 2 rings (SSSR count). The van der Waals surface area contributed by atoms with Gasteiger partial charge in [-0.1, -0.05) is 0 Å². The fourth-order valence-corrected chi connectivity index (χ4v) is 2.78. The van der Waals surface area contributed by atoms with Crippen molar-refractivity contribution in [2.75, 3.05) is 26.7 Å². The van der Waals surface area contributed by atoms with Crippen LogP contribution in [0.3, 0.4) is 0 Å². The van der Waals surface area contributed by atoms with Crippen LogP contribution in [0.15, 0.2) is 18.2 Å². The summed E-state index contributed by atoms with van der Waals surface area (Å²) in [5.41, 5.74) is -0.199. The Bertz CT molecular complexity index is 595. The molecule has 1 fully saturated rings. The van der Waals surface area contributed by atoms with Crippen LogP contribution in [0.1, 0.15) is 36.0 Å². The maximum Gasteiger partial charge on any atom is 0.254 e. The molecule has 2 amide bonds. The van der Waals surface area contributed by atoms with Crippen molar-refractivity contribution in [3.63, 3.8) is 0 Å². The number of nitrogens with one attached hydrogen (secondary N) is 2. The first-order chi connectivity index (χ1) is 11.5. The lowest BCUT2D eigenvalue weighted by Gasteiger charge is -2.31. The number of piperidine rings is 1. The van der Waals surface area contributed by atoms with Gasteiger partial charge in [-0.25, -0.2) is 8.78 Å². The van der Waals surface area contributed by atoms with Crippen molar-refractivity contribution in [3.05, 3.63) is 35.4 Å². The molecule has 0 bridgehead atoms. The van der Waals surface area contributed by atoms with Crippen molar-refractivity contribution in [2.45, 2.75) is 31.7 Å². The number of benzene rings is 1. The summed E-state index contributed by atoms with van der Waals surface area (Å²) < 4.78 is 26.3. The molecule has 5 nitrogen and oxygen atoms in total. The summed E-state index contributed by atoms with van der Waals surface area (Å²) in [5, 5.41) is 5.81. The third-order valence-corrected chi connectivity index (χ3v) is 4.28. The van der Waals surface area contributed by atoms with Gasteiger partial charge in [0.25, 0.3) is 5.91 Å². The van der Waals surface area contributed by atoms with Gasteiger partial charge in [-0.3, -0.25) is 9.59 Å². The van der Waals surface area contributed by atoms with Crippen LogP contribution >= 0.6 is 12.4 Å². The molecule has 1 aromatic carbocycles. The first-order valence-electron chi connectivity index (χ1n) is 8.18. The number of hydrogen-bond acceptors (Lipinski definition) is 3. The largest absolute Gasteiger partial charge is 0.352 e. The molecule has 1 aliphatic heterocycles. The van der Waals surface area contributed by atoms with Crippen LogP contribution in [0.4, 0.5) is 8.78 Å². The number of halogens is 3. The molecule has 0 spiro atoms. The fourth-order valence-electron chi connectivity index (χ4n) is 2.78. The molecule has 0 aliphatic carbocycles. The van der Waals surface area contributed by atoms with Crippen molar-refractivity contribution in [2.24, 2.45) is 0 Å². The Morgan fingerprint density at radius 3 is 2.60 bits per heavy atom. The van der Waals surface area contributed by atoms with Gasteiger partial charge in [0.15, 0.2) is 0 Å². The summed E-state index contributed by atoms with van der Waals surface area (Å²) in [4.78, 5) is 25.7. The van der Waals surface area contributed by atoms with E-state index in [0.717, 1.165) is 38.1 Å². The minimum Gasteiger partial charge on any atom is -0.352 e. The van der Waals surface area contributed by atoms with E-state index in [1.807, 2.05) is 7.05 Å². The Morgan fingerprint density at radius 2 is 1.96 bits per heavy atom. The summed E-state index contributed by atoms with van der Waals surface area (Å²) in [6, 6.07) is 3.08. The number of hydrogen-bond donors (Lipinski definition) is 2. The second-order valence-corrected chi connectivity index (χ2v) is 5.97. The Kier molecular flexibility index (Phi) is 8.78. The molecule has 1 aromatic rings. The first-order valence-corrected chi connectivity index (χ1v) is 8.18. The molecule has 2 N–H and O–H groups in total. The third-order valence-electron chi connectivity index (χ3n) is 4.28. The van der Waals surface area contributed by atoms with Gasteiger partial charge in [0.2, 0.25) is 5.91 Å². The molecular formula is C17H24ClF2N3O2. The Morgan fingerprint density at radius 1 is 1.28 bits per heavy atom. The van der Waals surface area contributed by atoms with Crippen LogP contribution in [0, 0.1) is 11.6 Å². The highest BCUT2D eigenvalue weighted by atomic mass is 35.5. The van der Waals surface area contributed by atoms with Crippen LogP contribution < -0.4 is 10.6 Å². The van der Waals surface area contributed by atoms with Crippen molar-refractivity contribution >= 4 is 24.2 Å². The zero-order valence-electron chi connectivity index (χ0n) is 14.2. The van der Waals surface area contributed by atoms with E-state index in [1.54, 1.807) is 4.90 Å². The van der Waals surface area contributed by atoms with Crippen molar-refractivity contribution in [1.82, 2.24) is 15.5 Å². The monoisotopic (exact) mass is 375 g/mol. The Labute approximate surface area is 152 Å². The van der Waals surface area contributed by atoms with Crippen LogP contribution in [0.2, 0.25) is 0 Å². The second-order valence-electron chi connectivity index (χ2n) is 5.97. The molecule has 0 radical (unpaired) electrons. The molecule has 1 saturated heterocycles. The lowest BCUT2D eigenvalue weighted by atomic mass is 10.0. The lowest BCUT2D eigenvalue weighted by Crippen LogP contribution is -2.44. The number of amides is 2. The average Bonchev–Trinajstić information content (AvgIpc) is 2.58. The molecule has 0 unspecified atom stereocenters. The maximum atomic E-state index is 13.5. The first kappa shape index (κ1) is 21.3. The molecule has 8 heteroatoms. The van der Waals surface area contributed by atoms with E-state index in [-0.39, 0.29) is 36.5 Å². The van der Waals surface area contributed by atoms with E-state index in [1.165, 1.54) is 0 Å². The predicted molar refractivity (Wildman–Crippen MR) is 93.8 cm³/mol. The topological polar surface area (TPSA) is 61.4 Å². The average molecular weight is 376 g/mol. The van der Waals surface area contributed by atoms with E-state index in [9.17, 15) is 18.4 Å². The van der Waals surface area contributed by atoms with Crippen LogP contribution in [0.5, 0.6) is 0 Å². The molecular weight excluding hydrogens is 352 g/mol. The fraction of sp³-hybridized carbons (Fsp3) is 0.529. The minimum absolute atomic E-state index is 0. The Hall–Kier alpha value is -1.73. The molecule has 0 aromatic heterocycles. The van der Waals surface area contributed by atoms with E-state index >= 15 is 0 Å². The normalized spacial score (nSPS) is 14.5. The Balaban J connectivity index is 0.00000312. The van der Waals surface area contributed by atoms with Gasteiger partial charge in [-0.2, -0.15) is 0 Å². The highest BCUT2D eigenvalue weighted by molar-refractivity contribution is 5.94. The quantitative estimate of drug-likeness (QED) is 0.749. The van der Waals surface area contributed by atoms with Crippen molar-refractivity contribution in [1.29, 1.82) is 0 Å². The lowest BCUT2D eigenvalue weighted by molar-refractivity contribution is -0.132. The molecule has 140 valence electrons. The standard InChI is InChI=1S/C17H23F2N3O2.ClH/c1-22(13-6-9-20-10-7-13)16(23)3-2-8-21-17(24)14-5-4-12(18)11-15(14)19;/h4-5,11,13,20H,2-3,6-10H2,1H3,(H,21,24);1H. The van der Waals surface area contributed by atoms with Crippen molar-refractivity contribution < 1.29 is 18.4 Å². The third kappa shape index (κ3) is 6.25. The van der Waals surface area contributed by atoms with Crippen molar-refractivity contribution in [3.8, 4) is 0 Å². The molecule has 0 atom stereocenters. The van der Waals surface area contributed by atoms with E-state index in [4.69, 9.17) is 0 Å². The second kappa shape index (κ2) is 10.3. The highest BCUT2D eigenvalue weighted by Crippen LogP contribution is 2.12. The molecule has 1 heterocycles. The van der Waals surface area contributed by atoms with Gasteiger partial charge in [0.1, 0.15) is 11.6 Å². The van der Waals surface area contributed by atoms with Gasteiger partial charge < -0.3 is 15.5 Å². The summed E-state index contributed by atoms with van der Waals surface area (Å²) in [6.07, 6.45) is 2.70. The maximum absolute atomic E-state index is 13.5. The zero-order chi connectivity index (χ0) is 17.5. The van der Waals surface area contributed by atoms with Gasteiger partial charge in [0.05, 0.1) is 5.56 Å². The number of nitrogens with zero attached hydrogens (tertiary/aromatic N) is 1. The number of rotatable bonds is 6. The zero-order valence-corrected chi connectivity index (χ0v) is 15.0. The summed E-state index contributed by atoms with van der Waals surface area (Å²) in [5.74, 6) is -2.18. The van der Waals surface area contributed by atoms with Crippen LogP contribution in [0.25, 0.3) is 0 Å². The van der Waals surface area contributed by atoms with Crippen LogP contribution in [-0.4, -0.2) is 49.4 Å². The number of carbonyl (C=O) groups is 2. The molecule has 25 heavy (non-hydrogen) atoms. The SMILES string of the molecule is CN(C(=O)CCCNC(=O)c1ccc(F)cc1F)C1CCNCC1.Cl. The van der Waals surface area contributed by atoms with Gasteiger partial charge in [0, 0.05) is 32.1 Å². The number of carbonyl (C=O) groups excluding carboxylic acids is 2. The van der Waals surface area contributed by atoms with E-state index in [0.29, 0.717) is 18.9 Å². The van der Waals surface area contributed by atoms with E-state index < -0.39 is 17.5 Å². The van der Waals surface area contributed by atoms with E-state index in [2.05, 4.69) is 10.6 Å². The minimum atomic E-state index is -0.894. The summed E-state index contributed by atoms with van der Waals surface area (Å²) in [7, 11) is 1.81. The summed E-state index contributed by atoms with van der Waals surface area (Å²) >= 11 is 0. The van der Waals surface area contributed by atoms with Gasteiger partial charge in [-0.05, 0) is 44.5 Å². The summed E-state index contributed by atoms with van der Waals surface area (Å²) in [6.45, 7) is 2.10. The smallest absolute Gasteiger partial charge is 0.254 e. The molecule has 0 saturated carbocycles. The predicted octanol–water partition coefficient (Wildman–Crippen LogP) is 2.11.